The fourth-order valence-corrected chi connectivity index (χ4v) is 3.23. The summed E-state index contributed by atoms with van der Waals surface area (Å²) < 4.78 is 0.877. The number of rotatable bonds is 5. The summed E-state index contributed by atoms with van der Waals surface area (Å²) in [6.07, 6.45) is 3.88. The first-order chi connectivity index (χ1) is 7.74. The molecule has 1 aromatic rings. The zero-order valence-corrected chi connectivity index (χ0v) is 11.2. The highest BCUT2D eigenvalue weighted by molar-refractivity contribution is 7.16. The van der Waals surface area contributed by atoms with Crippen LogP contribution in [0.15, 0.2) is 12.1 Å². The predicted molar refractivity (Wildman–Crippen MR) is 71.3 cm³/mol. The van der Waals surface area contributed by atoms with Crippen molar-refractivity contribution in [3.05, 3.63) is 21.3 Å². The van der Waals surface area contributed by atoms with Crippen LogP contribution in [0.2, 0.25) is 4.34 Å². The SMILES string of the molecule is CC(CC1CCCN1)NCc1ccc(Cl)s1. The van der Waals surface area contributed by atoms with Gasteiger partial charge in [0.1, 0.15) is 0 Å². The largest absolute Gasteiger partial charge is 0.314 e. The quantitative estimate of drug-likeness (QED) is 0.849. The summed E-state index contributed by atoms with van der Waals surface area (Å²) in [6.45, 7) is 4.39. The molecule has 2 N–H and O–H groups in total. The molecule has 0 bridgehead atoms. The summed E-state index contributed by atoms with van der Waals surface area (Å²) in [4.78, 5) is 1.32. The van der Waals surface area contributed by atoms with Gasteiger partial charge in [0.05, 0.1) is 4.34 Å². The number of hydrogen-bond acceptors (Lipinski definition) is 3. The topological polar surface area (TPSA) is 24.1 Å². The van der Waals surface area contributed by atoms with E-state index in [9.17, 15) is 0 Å². The maximum Gasteiger partial charge on any atom is 0.0931 e. The standard InChI is InChI=1S/C12H19ClN2S/c1-9(7-10-3-2-6-14-10)15-8-11-4-5-12(13)16-11/h4-5,9-10,14-15H,2-3,6-8H2,1H3. The van der Waals surface area contributed by atoms with E-state index in [4.69, 9.17) is 11.6 Å². The molecule has 0 aromatic carbocycles. The van der Waals surface area contributed by atoms with Gasteiger partial charge >= 0.3 is 0 Å². The van der Waals surface area contributed by atoms with E-state index in [-0.39, 0.29) is 0 Å². The Hall–Kier alpha value is -0.0900. The Morgan fingerprint density at radius 3 is 3.12 bits per heavy atom. The molecule has 1 fully saturated rings. The molecular formula is C12H19ClN2S. The summed E-state index contributed by atoms with van der Waals surface area (Å²) in [6, 6.07) is 5.35. The second-order valence-electron chi connectivity index (χ2n) is 4.52. The van der Waals surface area contributed by atoms with Crippen molar-refractivity contribution in [2.45, 2.75) is 44.8 Å². The lowest BCUT2D eigenvalue weighted by Crippen LogP contribution is -2.33. The van der Waals surface area contributed by atoms with Gasteiger partial charge in [-0.1, -0.05) is 11.6 Å². The average molecular weight is 259 g/mol. The van der Waals surface area contributed by atoms with Crippen molar-refractivity contribution < 1.29 is 0 Å². The van der Waals surface area contributed by atoms with Gasteiger partial charge in [0.25, 0.3) is 0 Å². The van der Waals surface area contributed by atoms with E-state index in [1.165, 1.54) is 30.7 Å². The Bertz CT molecular complexity index is 321. The maximum absolute atomic E-state index is 5.89. The average Bonchev–Trinajstić information content (AvgIpc) is 2.87. The summed E-state index contributed by atoms with van der Waals surface area (Å²) in [5, 5.41) is 7.08. The molecular weight excluding hydrogens is 240 g/mol. The van der Waals surface area contributed by atoms with Gasteiger partial charge in [-0.3, -0.25) is 0 Å². The molecule has 0 saturated carbocycles. The van der Waals surface area contributed by atoms with Crippen molar-refractivity contribution in [1.29, 1.82) is 0 Å². The highest BCUT2D eigenvalue weighted by Crippen LogP contribution is 2.21. The molecule has 2 atom stereocenters. The third kappa shape index (κ3) is 3.74. The van der Waals surface area contributed by atoms with Crippen LogP contribution in [-0.2, 0) is 6.54 Å². The summed E-state index contributed by atoms with van der Waals surface area (Å²) >= 11 is 7.55. The molecule has 2 nitrogen and oxygen atoms in total. The molecule has 90 valence electrons. The molecule has 2 unspecified atom stereocenters. The van der Waals surface area contributed by atoms with Crippen molar-refractivity contribution in [3.63, 3.8) is 0 Å². The molecule has 1 saturated heterocycles. The third-order valence-corrected chi connectivity index (χ3v) is 4.29. The van der Waals surface area contributed by atoms with Crippen LogP contribution in [0.25, 0.3) is 0 Å². The second-order valence-corrected chi connectivity index (χ2v) is 6.32. The van der Waals surface area contributed by atoms with E-state index >= 15 is 0 Å². The molecule has 2 heterocycles. The Morgan fingerprint density at radius 1 is 1.62 bits per heavy atom. The van der Waals surface area contributed by atoms with Crippen LogP contribution in [-0.4, -0.2) is 18.6 Å². The Balaban J connectivity index is 1.68. The van der Waals surface area contributed by atoms with Crippen molar-refractivity contribution in [2.24, 2.45) is 0 Å². The van der Waals surface area contributed by atoms with Crippen molar-refractivity contribution in [2.75, 3.05) is 6.54 Å². The lowest BCUT2D eigenvalue weighted by molar-refractivity contribution is 0.441. The van der Waals surface area contributed by atoms with Gasteiger partial charge in [0, 0.05) is 23.5 Å². The summed E-state index contributed by atoms with van der Waals surface area (Å²) in [7, 11) is 0. The van der Waals surface area contributed by atoms with Crippen LogP contribution in [0.3, 0.4) is 0 Å². The zero-order chi connectivity index (χ0) is 11.4. The number of halogens is 1. The van der Waals surface area contributed by atoms with Gasteiger partial charge in [-0.25, -0.2) is 0 Å². The fraction of sp³-hybridized carbons (Fsp3) is 0.667. The minimum absolute atomic E-state index is 0.566. The van der Waals surface area contributed by atoms with Crippen LogP contribution < -0.4 is 10.6 Å². The van der Waals surface area contributed by atoms with Crippen molar-refractivity contribution in [3.8, 4) is 0 Å². The van der Waals surface area contributed by atoms with E-state index < -0.39 is 0 Å². The van der Waals surface area contributed by atoms with E-state index in [1.54, 1.807) is 11.3 Å². The summed E-state index contributed by atoms with van der Waals surface area (Å²) in [5.41, 5.74) is 0. The normalized spacial score (nSPS) is 22.5. The summed E-state index contributed by atoms with van der Waals surface area (Å²) in [5.74, 6) is 0. The van der Waals surface area contributed by atoms with E-state index in [2.05, 4.69) is 23.6 Å². The Morgan fingerprint density at radius 2 is 2.50 bits per heavy atom. The smallest absolute Gasteiger partial charge is 0.0931 e. The second kappa shape index (κ2) is 6.01. The minimum atomic E-state index is 0.566. The molecule has 1 aromatic heterocycles. The van der Waals surface area contributed by atoms with Gasteiger partial charge in [0.2, 0.25) is 0 Å². The molecule has 1 aliphatic rings. The number of hydrogen-bond donors (Lipinski definition) is 2. The zero-order valence-electron chi connectivity index (χ0n) is 9.63. The monoisotopic (exact) mass is 258 g/mol. The fourth-order valence-electron chi connectivity index (χ4n) is 2.19. The third-order valence-electron chi connectivity index (χ3n) is 3.05. The van der Waals surface area contributed by atoms with Crippen LogP contribution in [0, 0.1) is 0 Å². The lowest BCUT2D eigenvalue weighted by atomic mass is 10.1. The van der Waals surface area contributed by atoms with Gasteiger partial charge in [-0.05, 0) is 44.9 Å². The predicted octanol–water partition coefficient (Wildman–Crippen LogP) is 3.02. The Labute approximate surface area is 106 Å². The maximum atomic E-state index is 5.89. The van der Waals surface area contributed by atoms with Gasteiger partial charge in [0.15, 0.2) is 0 Å². The van der Waals surface area contributed by atoms with E-state index in [1.807, 2.05) is 6.07 Å². The molecule has 16 heavy (non-hydrogen) atoms. The highest BCUT2D eigenvalue weighted by atomic mass is 35.5. The first kappa shape index (κ1) is 12.4. The van der Waals surface area contributed by atoms with Gasteiger partial charge in [-0.15, -0.1) is 11.3 Å². The molecule has 1 aliphatic heterocycles. The number of thiophene rings is 1. The first-order valence-electron chi connectivity index (χ1n) is 5.95. The van der Waals surface area contributed by atoms with Crippen LogP contribution in [0.5, 0.6) is 0 Å². The molecule has 4 heteroatoms. The van der Waals surface area contributed by atoms with Gasteiger partial charge in [-0.2, -0.15) is 0 Å². The molecule has 0 aliphatic carbocycles. The Kier molecular flexibility index (Phi) is 4.65. The lowest BCUT2D eigenvalue weighted by Gasteiger charge is -2.17. The van der Waals surface area contributed by atoms with E-state index in [0.29, 0.717) is 6.04 Å². The van der Waals surface area contributed by atoms with E-state index in [0.717, 1.165) is 16.9 Å². The molecule has 2 rings (SSSR count). The molecule has 0 radical (unpaired) electrons. The van der Waals surface area contributed by atoms with Crippen LogP contribution in [0.1, 0.15) is 31.1 Å². The van der Waals surface area contributed by atoms with Crippen molar-refractivity contribution >= 4 is 22.9 Å². The van der Waals surface area contributed by atoms with Crippen LogP contribution >= 0.6 is 22.9 Å². The highest BCUT2D eigenvalue weighted by Gasteiger charge is 2.16. The molecule has 0 spiro atoms. The first-order valence-corrected chi connectivity index (χ1v) is 7.14. The van der Waals surface area contributed by atoms with Crippen molar-refractivity contribution in [1.82, 2.24) is 10.6 Å². The molecule has 0 amide bonds. The minimum Gasteiger partial charge on any atom is -0.314 e. The number of nitrogens with one attached hydrogen (secondary N) is 2. The van der Waals surface area contributed by atoms with Crippen LogP contribution in [0.4, 0.5) is 0 Å². The van der Waals surface area contributed by atoms with Gasteiger partial charge < -0.3 is 10.6 Å².